The Morgan fingerprint density at radius 1 is 1.32 bits per heavy atom. The van der Waals surface area contributed by atoms with Crippen molar-refractivity contribution in [1.29, 1.82) is 0 Å². The maximum Gasteiger partial charge on any atom is 0.308 e. The molecule has 1 heterocycles. The smallest absolute Gasteiger partial charge is 0.308 e. The molecule has 1 saturated heterocycles. The van der Waals surface area contributed by atoms with Crippen molar-refractivity contribution in [3.8, 4) is 0 Å². The number of amides is 2. The largest absolute Gasteiger partial charge is 0.481 e. The predicted molar refractivity (Wildman–Crippen MR) is 67.3 cm³/mol. The van der Waals surface area contributed by atoms with Gasteiger partial charge < -0.3 is 5.11 Å². The molecule has 0 spiro atoms. The number of carbonyl (C=O) groups is 3. The van der Waals surface area contributed by atoms with E-state index in [0.717, 1.165) is 16.0 Å². The van der Waals surface area contributed by atoms with Crippen molar-refractivity contribution >= 4 is 17.8 Å². The van der Waals surface area contributed by atoms with Gasteiger partial charge in [0.1, 0.15) is 0 Å². The molecule has 1 aromatic carbocycles. The highest BCUT2D eigenvalue weighted by atomic mass is 16.4. The molecular weight excluding hydrogens is 246 g/mol. The van der Waals surface area contributed by atoms with Gasteiger partial charge in [0.2, 0.25) is 11.8 Å². The molecule has 1 aromatic rings. The second kappa shape index (κ2) is 5.22. The number of aryl methyl sites for hydroxylation is 1. The summed E-state index contributed by atoms with van der Waals surface area (Å²) in [5.41, 5.74) is 1.92. The van der Waals surface area contributed by atoms with E-state index in [1.54, 1.807) is 0 Å². The molecule has 2 amide bonds. The zero-order valence-electron chi connectivity index (χ0n) is 10.6. The lowest BCUT2D eigenvalue weighted by Gasteiger charge is -2.14. The van der Waals surface area contributed by atoms with E-state index >= 15 is 0 Å². The summed E-state index contributed by atoms with van der Waals surface area (Å²) >= 11 is 0. The van der Waals surface area contributed by atoms with Crippen LogP contribution in [0, 0.1) is 12.8 Å². The molecule has 0 aliphatic carbocycles. The van der Waals surface area contributed by atoms with Gasteiger partial charge in [-0.15, -0.1) is 0 Å². The van der Waals surface area contributed by atoms with E-state index in [9.17, 15) is 14.4 Å². The highest BCUT2D eigenvalue weighted by Gasteiger charge is 2.37. The average molecular weight is 261 g/mol. The molecular formula is C14H15NO4. The number of benzene rings is 1. The van der Waals surface area contributed by atoms with Crippen LogP contribution < -0.4 is 0 Å². The van der Waals surface area contributed by atoms with E-state index in [0.29, 0.717) is 0 Å². The van der Waals surface area contributed by atoms with Gasteiger partial charge in [0.15, 0.2) is 0 Å². The summed E-state index contributed by atoms with van der Waals surface area (Å²) in [6.07, 6.45) is 0.0350. The molecule has 100 valence electrons. The van der Waals surface area contributed by atoms with Crippen LogP contribution in [0.2, 0.25) is 0 Å². The van der Waals surface area contributed by atoms with E-state index in [1.807, 2.05) is 31.2 Å². The molecule has 2 rings (SSSR count). The van der Waals surface area contributed by atoms with Crippen molar-refractivity contribution < 1.29 is 19.5 Å². The van der Waals surface area contributed by atoms with E-state index in [4.69, 9.17) is 5.11 Å². The number of likely N-dealkylation sites (tertiary alicyclic amines) is 1. The molecule has 1 atom stereocenters. The minimum atomic E-state index is -1.03. The Labute approximate surface area is 110 Å². The van der Waals surface area contributed by atoms with Crippen molar-refractivity contribution in [1.82, 2.24) is 4.90 Å². The first-order valence-electron chi connectivity index (χ1n) is 6.09. The van der Waals surface area contributed by atoms with Gasteiger partial charge in [-0.25, -0.2) is 0 Å². The van der Waals surface area contributed by atoms with Crippen LogP contribution >= 0.6 is 0 Å². The van der Waals surface area contributed by atoms with Crippen molar-refractivity contribution in [2.24, 2.45) is 5.92 Å². The molecule has 5 nitrogen and oxygen atoms in total. The Kier molecular flexibility index (Phi) is 3.64. The van der Waals surface area contributed by atoms with Gasteiger partial charge in [0.05, 0.1) is 12.3 Å². The minimum absolute atomic E-state index is 0.0150. The number of aliphatic carboxylic acids is 1. The van der Waals surface area contributed by atoms with Gasteiger partial charge >= 0.3 is 5.97 Å². The van der Waals surface area contributed by atoms with Crippen LogP contribution in [-0.4, -0.2) is 34.3 Å². The highest BCUT2D eigenvalue weighted by Crippen LogP contribution is 2.19. The fourth-order valence-corrected chi connectivity index (χ4v) is 2.09. The van der Waals surface area contributed by atoms with Crippen LogP contribution in [0.5, 0.6) is 0 Å². The zero-order valence-corrected chi connectivity index (χ0v) is 10.6. The van der Waals surface area contributed by atoms with E-state index in [-0.39, 0.29) is 25.3 Å². The summed E-state index contributed by atoms with van der Waals surface area (Å²) in [6.45, 7) is 1.94. The molecule has 5 heteroatoms. The van der Waals surface area contributed by atoms with E-state index < -0.39 is 17.8 Å². The van der Waals surface area contributed by atoms with Crippen molar-refractivity contribution in [3.05, 3.63) is 35.4 Å². The number of carbonyl (C=O) groups excluding carboxylic acids is 2. The van der Waals surface area contributed by atoms with E-state index in [2.05, 4.69) is 0 Å². The first kappa shape index (κ1) is 13.3. The van der Waals surface area contributed by atoms with Crippen molar-refractivity contribution in [2.45, 2.75) is 19.8 Å². The Morgan fingerprint density at radius 2 is 1.95 bits per heavy atom. The summed E-state index contributed by atoms with van der Waals surface area (Å²) in [4.78, 5) is 35.5. The molecule has 0 aromatic heterocycles. The van der Waals surface area contributed by atoms with Crippen LogP contribution in [0.15, 0.2) is 24.3 Å². The molecule has 1 fully saturated rings. The van der Waals surface area contributed by atoms with Gasteiger partial charge in [-0.3, -0.25) is 19.3 Å². The lowest BCUT2D eigenvalue weighted by molar-refractivity contribution is -0.141. The summed E-state index contributed by atoms with van der Waals surface area (Å²) < 4.78 is 0. The number of nitrogens with zero attached hydrogens (tertiary/aromatic N) is 1. The molecule has 0 bridgehead atoms. The van der Waals surface area contributed by atoms with Gasteiger partial charge in [-0.2, -0.15) is 0 Å². The third-order valence-corrected chi connectivity index (χ3v) is 3.25. The molecule has 1 N–H and O–H groups in total. The van der Waals surface area contributed by atoms with Gasteiger partial charge in [-0.05, 0) is 12.5 Å². The molecule has 19 heavy (non-hydrogen) atoms. The fourth-order valence-electron chi connectivity index (χ4n) is 2.09. The lowest BCUT2D eigenvalue weighted by atomic mass is 10.1. The normalized spacial score (nSPS) is 18.7. The number of carboxylic acids is 1. The average Bonchev–Trinajstić information content (AvgIpc) is 2.74. The van der Waals surface area contributed by atoms with E-state index in [1.165, 1.54) is 0 Å². The highest BCUT2D eigenvalue weighted by molar-refractivity contribution is 5.99. The lowest BCUT2D eigenvalue weighted by Crippen LogP contribution is -2.34. The zero-order chi connectivity index (χ0) is 14.0. The Balaban J connectivity index is 2.02. The second-order valence-corrected chi connectivity index (χ2v) is 4.80. The standard InChI is InChI=1S/C14H15NO4/c1-9-2-4-10(5-3-9)6-12(16)15-8-11(14(18)19)7-13(15)17/h2-5,11H,6-8H2,1H3,(H,18,19). The van der Waals surface area contributed by atoms with Crippen LogP contribution in [0.3, 0.4) is 0 Å². The van der Waals surface area contributed by atoms with Crippen LogP contribution in [0.1, 0.15) is 17.5 Å². The maximum atomic E-state index is 12.0. The Morgan fingerprint density at radius 3 is 2.47 bits per heavy atom. The van der Waals surface area contributed by atoms with Crippen LogP contribution in [0.25, 0.3) is 0 Å². The third-order valence-electron chi connectivity index (χ3n) is 3.25. The van der Waals surface area contributed by atoms with Gasteiger partial charge in [0, 0.05) is 13.0 Å². The number of rotatable bonds is 3. The monoisotopic (exact) mass is 261 g/mol. The second-order valence-electron chi connectivity index (χ2n) is 4.80. The number of imide groups is 1. The quantitative estimate of drug-likeness (QED) is 0.880. The predicted octanol–water partition coefficient (Wildman–Crippen LogP) is 0.997. The number of hydrogen-bond donors (Lipinski definition) is 1. The molecule has 1 unspecified atom stereocenters. The number of hydrogen-bond acceptors (Lipinski definition) is 3. The maximum absolute atomic E-state index is 12.0. The summed E-state index contributed by atoms with van der Waals surface area (Å²) in [7, 11) is 0. The summed E-state index contributed by atoms with van der Waals surface area (Å²) in [5.74, 6) is -2.53. The first-order chi connectivity index (χ1) is 8.97. The fraction of sp³-hybridized carbons (Fsp3) is 0.357. The topological polar surface area (TPSA) is 74.7 Å². The molecule has 1 aliphatic rings. The van der Waals surface area contributed by atoms with Crippen LogP contribution in [-0.2, 0) is 20.8 Å². The molecule has 1 aliphatic heterocycles. The minimum Gasteiger partial charge on any atom is -0.481 e. The summed E-state index contributed by atoms with van der Waals surface area (Å²) in [6, 6.07) is 7.47. The SMILES string of the molecule is Cc1ccc(CC(=O)N2CC(C(=O)O)CC2=O)cc1. The molecule has 0 saturated carbocycles. The van der Waals surface area contributed by atoms with Crippen molar-refractivity contribution in [3.63, 3.8) is 0 Å². The van der Waals surface area contributed by atoms with Gasteiger partial charge in [-0.1, -0.05) is 29.8 Å². The third kappa shape index (κ3) is 2.99. The Hall–Kier alpha value is -2.17. The van der Waals surface area contributed by atoms with Gasteiger partial charge in [0.25, 0.3) is 0 Å². The number of carboxylic acid groups (broad SMARTS) is 1. The van der Waals surface area contributed by atoms with Crippen LogP contribution in [0.4, 0.5) is 0 Å². The summed E-state index contributed by atoms with van der Waals surface area (Å²) in [5, 5.41) is 8.86. The first-order valence-corrected chi connectivity index (χ1v) is 6.09. The van der Waals surface area contributed by atoms with Crippen molar-refractivity contribution in [2.75, 3.05) is 6.54 Å². The Bertz CT molecular complexity index is 521. The molecule has 0 radical (unpaired) electrons.